The molecule has 5 atom stereocenters. The van der Waals surface area contributed by atoms with Gasteiger partial charge in [0.1, 0.15) is 12.2 Å². The maximum Gasteiger partial charge on any atom is 0.184 e. The van der Waals surface area contributed by atoms with Crippen LogP contribution in [0.5, 0.6) is 0 Å². The van der Waals surface area contributed by atoms with E-state index in [0.29, 0.717) is 31.4 Å². The summed E-state index contributed by atoms with van der Waals surface area (Å²) in [6.45, 7) is 1.49. The molecule has 6 nitrogen and oxygen atoms in total. The molecule has 0 aliphatic carbocycles. The van der Waals surface area contributed by atoms with Crippen LogP contribution in [0.15, 0.2) is 91.0 Å². The van der Waals surface area contributed by atoms with Gasteiger partial charge < -0.3 is 29.4 Å². The summed E-state index contributed by atoms with van der Waals surface area (Å²) in [6.07, 6.45) is -2.16. The fourth-order valence-electron chi connectivity index (χ4n) is 4.36. The first kappa shape index (κ1) is 26.4. The van der Waals surface area contributed by atoms with Crippen molar-refractivity contribution in [1.82, 2.24) is 0 Å². The average molecular weight is 508 g/mol. The third-order valence-corrected chi connectivity index (χ3v) is 6.45. The Hall–Kier alpha value is -2.65. The zero-order chi connectivity index (χ0) is 25.2. The molecule has 1 aliphatic heterocycles. The summed E-state index contributed by atoms with van der Waals surface area (Å²) in [6, 6.07) is 29.9. The molecule has 36 heavy (non-hydrogen) atoms. The van der Waals surface area contributed by atoms with Crippen molar-refractivity contribution < 1.29 is 23.7 Å². The van der Waals surface area contributed by atoms with E-state index >= 15 is 0 Å². The Balaban J connectivity index is 1.52. The van der Waals surface area contributed by atoms with E-state index in [1.165, 1.54) is 0 Å². The molecule has 1 heterocycles. The molecule has 0 spiro atoms. The Morgan fingerprint density at radius 2 is 1.22 bits per heavy atom. The highest BCUT2D eigenvalue weighted by atomic mass is 32.1. The van der Waals surface area contributed by atoms with E-state index < -0.39 is 30.5 Å². The maximum atomic E-state index is 6.43. The van der Waals surface area contributed by atoms with Crippen molar-refractivity contribution in [2.24, 2.45) is 11.7 Å². The SMILES string of the molecule is CO[C@H]1O[C@H](COCc2ccccc2)[C@H](OCc2ccccc2)[C@H](C(N)=S)[C@H]1OCc1ccccc1. The molecule has 2 N–H and O–H groups in total. The maximum absolute atomic E-state index is 6.43. The molecule has 0 unspecified atom stereocenters. The summed E-state index contributed by atoms with van der Waals surface area (Å²) in [5, 5.41) is 0. The van der Waals surface area contributed by atoms with Gasteiger partial charge in [-0.3, -0.25) is 0 Å². The molecule has 3 aromatic carbocycles. The average Bonchev–Trinajstić information content (AvgIpc) is 2.92. The summed E-state index contributed by atoms with van der Waals surface area (Å²) >= 11 is 5.54. The molecule has 0 saturated carbocycles. The Kier molecular flexibility index (Phi) is 9.98. The van der Waals surface area contributed by atoms with Gasteiger partial charge in [0, 0.05) is 7.11 Å². The van der Waals surface area contributed by atoms with E-state index in [-0.39, 0.29) is 0 Å². The van der Waals surface area contributed by atoms with E-state index in [1.54, 1.807) is 7.11 Å². The number of methoxy groups -OCH3 is 1. The van der Waals surface area contributed by atoms with Crippen LogP contribution in [0.4, 0.5) is 0 Å². The number of hydrogen-bond acceptors (Lipinski definition) is 6. The van der Waals surface area contributed by atoms with Crippen molar-refractivity contribution in [3.05, 3.63) is 108 Å². The minimum Gasteiger partial charge on any atom is -0.393 e. The van der Waals surface area contributed by atoms with Crippen molar-refractivity contribution in [2.75, 3.05) is 13.7 Å². The molecule has 0 bridgehead atoms. The smallest absolute Gasteiger partial charge is 0.184 e. The minimum absolute atomic E-state index is 0.290. The van der Waals surface area contributed by atoms with Crippen molar-refractivity contribution in [1.29, 1.82) is 0 Å². The third-order valence-electron chi connectivity index (χ3n) is 6.18. The van der Waals surface area contributed by atoms with Crippen molar-refractivity contribution >= 4 is 17.2 Å². The van der Waals surface area contributed by atoms with Crippen LogP contribution in [0.1, 0.15) is 16.7 Å². The van der Waals surface area contributed by atoms with Gasteiger partial charge >= 0.3 is 0 Å². The number of rotatable bonds is 12. The highest BCUT2D eigenvalue weighted by molar-refractivity contribution is 7.80. The standard InChI is InChI=1S/C29H33NO5S/c1-31-29-27(34-19-23-15-9-4-10-16-23)25(28(30)36)26(33-18-22-13-7-3-8-14-22)24(35-29)20-32-17-21-11-5-2-6-12-21/h2-16,24-27,29H,17-20H2,1H3,(H2,30,36)/t24-,25+,26+,27-,29+/m1/s1. The lowest BCUT2D eigenvalue weighted by Crippen LogP contribution is -2.61. The van der Waals surface area contributed by atoms with Crippen LogP contribution in [0, 0.1) is 5.92 Å². The van der Waals surface area contributed by atoms with Gasteiger partial charge in [-0.1, -0.05) is 103 Å². The van der Waals surface area contributed by atoms with E-state index in [1.807, 2.05) is 91.0 Å². The minimum atomic E-state index is -0.679. The Morgan fingerprint density at radius 1 is 0.750 bits per heavy atom. The molecule has 7 heteroatoms. The van der Waals surface area contributed by atoms with Crippen LogP contribution in [-0.4, -0.2) is 43.3 Å². The molecule has 1 saturated heterocycles. The van der Waals surface area contributed by atoms with Gasteiger partial charge in [0.15, 0.2) is 6.29 Å². The van der Waals surface area contributed by atoms with Crippen LogP contribution >= 0.6 is 12.2 Å². The number of nitrogens with two attached hydrogens (primary N) is 1. The van der Waals surface area contributed by atoms with E-state index in [0.717, 1.165) is 16.7 Å². The van der Waals surface area contributed by atoms with E-state index in [4.69, 9.17) is 41.6 Å². The molecule has 3 aromatic rings. The van der Waals surface area contributed by atoms with Crippen LogP contribution in [0.25, 0.3) is 0 Å². The largest absolute Gasteiger partial charge is 0.393 e. The van der Waals surface area contributed by atoms with Crippen LogP contribution in [-0.2, 0) is 43.5 Å². The molecular formula is C29H33NO5S. The lowest BCUT2D eigenvalue weighted by atomic mass is 9.88. The molecule has 1 fully saturated rings. The fourth-order valence-corrected chi connectivity index (χ4v) is 4.62. The monoisotopic (exact) mass is 507 g/mol. The summed E-state index contributed by atoms with van der Waals surface area (Å²) < 4.78 is 30.8. The van der Waals surface area contributed by atoms with Gasteiger partial charge in [-0.2, -0.15) is 0 Å². The second-order valence-corrected chi connectivity index (χ2v) is 9.20. The predicted octanol–water partition coefficient (Wildman–Crippen LogP) is 4.65. The quantitative estimate of drug-likeness (QED) is 0.358. The van der Waals surface area contributed by atoms with Gasteiger partial charge in [-0.25, -0.2) is 0 Å². The van der Waals surface area contributed by atoms with Crippen LogP contribution < -0.4 is 5.73 Å². The lowest BCUT2D eigenvalue weighted by molar-refractivity contribution is -0.294. The third kappa shape index (κ3) is 7.20. The normalized spacial score (nSPS) is 23.9. The zero-order valence-electron chi connectivity index (χ0n) is 20.4. The summed E-state index contributed by atoms with van der Waals surface area (Å²) in [5.74, 6) is -0.434. The lowest BCUT2D eigenvalue weighted by Gasteiger charge is -2.45. The first-order valence-electron chi connectivity index (χ1n) is 12.1. The summed E-state index contributed by atoms with van der Waals surface area (Å²) in [7, 11) is 1.59. The van der Waals surface area contributed by atoms with E-state index in [2.05, 4.69) is 0 Å². The number of hydrogen-bond donors (Lipinski definition) is 1. The summed E-state index contributed by atoms with van der Waals surface area (Å²) in [5.41, 5.74) is 9.45. The highest BCUT2D eigenvalue weighted by Gasteiger charge is 2.49. The molecule has 0 amide bonds. The summed E-state index contributed by atoms with van der Waals surface area (Å²) in [4.78, 5) is 0.296. The Labute approximate surface area is 218 Å². The molecule has 4 rings (SSSR count). The first-order chi connectivity index (χ1) is 17.7. The van der Waals surface area contributed by atoms with Crippen LogP contribution in [0.3, 0.4) is 0 Å². The van der Waals surface area contributed by atoms with Crippen molar-refractivity contribution in [3.8, 4) is 0 Å². The Morgan fingerprint density at radius 3 is 1.69 bits per heavy atom. The van der Waals surface area contributed by atoms with Crippen molar-refractivity contribution in [3.63, 3.8) is 0 Å². The molecule has 0 radical (unpaired) electrons. The molecule has 190 valence electrons. The molecule has 0 aromatic heterocycles. The predicted molar refractivity (Wildman–Crippen MR) is 142 cm³/mol. The van der Waals surface area contributed by atoms with Gasteiger partial charge in [-0.15, -0.1) is 0 Å². The zero-order valence-corrected chi connectivity index (χ0v) is 21.2. The highest BCUT2D eigenvalue weighted by Crippen LogP contribution is 2.33. The number of thiocarbonyl (C=S) groups is 1. The number of ether oxygens (including phenoxy) is 5. The van der Waals surface area contributed by atoms with Gasteiger partial charge in [0.2, 0.25) is 0 Å². The first-order valence-corrected chi connectivity index (χ1v) is 12.5. The topological polar surface area (TPSA) is 72.2 Å². The molecular weight excluding hydrogens is 474 g/mol. The van der Waals surface area contributed by atoms with Gasteiger partial charge in [0.25, 0.3) is 0 Å². The molecule has 1 aliphatic rings. The van der Waals surface area contributed by atoms with E-state index in [9.17, 15) is 0 Å². The second kappa shape index (κ2) is 13.6. The van der Waals surface area contributed by atoms with Crippen molar-refractivity contribution in [2.45, 2.75) is 44.4 Å². The fraction of sp³-hybridized carbons (Fsp3) is 0.345. The van der Waals surface area contributed by atoms with Crippen LogP contribution in [0.2, 0.25) is 0 Å². The van der Waals surface area contributed by atoms with Gasteiger partial charge in [-0.05, 0) is 16.7 Å². The Bertz CT molecular complexity index is 1050. The van der Waals surface area contributed by atoms with Gasteiger partial charge in [0.05, 0.1) is 43.4 Å². The second-order valence-electron chi connectivity index (χ2n) is 8.73. The number of benzene rings is 3.